The molecule has 4 heteroatoms. The molecule has 1 atom stereocenters. The van der Waals surface area contributed by atoms with Gasteiger partial charge in [0.05, 0.1) is 6.04 Å². The van der Waals surface area contributed by atoms with Crippen LogP contribution in [-0.2, 0) is 9.59 Å². The Kier molecular flexibility index (Phi) is 4.21. The van der Waals surface area contributed by atoms with E-state index in [0.29, 0.717) is 12.0 Å². The van der Waals surface area contributed by atoms with E-state index in [1.54, 1.807) is 6.92 Å². The van der Waals surface area contributed by atoms with E-state index in [1.807, 2.05) is 0 Å². The lowest BCUT2D eigenvalue weighted by Gasteiger charge is -2.07. The Morgan fingerprint density at radius 2 is 2.00 bits per heavy atom. The van der Waals surface area contributed by atoms with Gasteiger partial charge in [0.1, 0.15) is 0 Å². The van der Waals surface area contributed by atoms with Gasteiger partial charge in [0, 0.05) is 6.42 Å². The summed E-state index contributed by atoms with van der Waals surface area (Å²) in [7, 11) is 0. The molecule has 0 bridgehead atoms. The topological polar surface area (TPSA) is 86.2 Å². The summed E-state index contributed by atoms with van der Waals surface area (Å²) in [6.07, 6.45) is 0.432. The molecule has 0 spiro atoms. The number of amides is 1. The van der Waals surface area contributed by atoms with Gasteiger partial charge in [0.25, 0.3) is 0 Å². The van der Waals surface area contributed by atoms with Gasteiger partial charge < -0.3 is 11.5 Å². The monoisotopic (exact) mass is 170 g/mol. The van der Waals surface area contributed by atoms with E-state index in [9.17, 15) is 9.59 Å². The average molecular weight is 170 g/mol. The van der Waals surface area contributed by atoms with Crippen molar-refractivity contribution in [2.45, 2.75) is 25.8 Å². The van der Waals surface area contributed by atoms with Crippen molar-refractivity contribution >= 4 is 11.7 Å². The highest BCUT2D eigenvalue weighted by Crippen LogP contribution is 2.00. The molecule has 0 unspecified atom stereocenters. The van der Waals surface area contributed by atoms with Crippen LogP contribution in [0.4, 0.5) is 0 Å². The summed E-state index contributed by atoms with van der Waals surface area (Å²) in [4.78, 5) is 21.4. The van der Waals surface area contributed by atoms with Crippen LogP contribution in [0.5, 0.6) is 0 Å². The predicted octanol–water partition coefficient (Wildman–Crippen LogP) is -0.276. The molecule has 0 heterocycles. The minimum Gasteiger partial charge on any atom is -0.370 e. The van der Waals surface area contributed by atoms with Gasteiger partial charge in [-0.2, -0.15) is 0 Å². The van der Waals surface area contributed by atoms with E-state index in [1.165, 1.54) is 0 Å². The lowest BCUT2D eigenvalue weighted by Crippen LogP contribution is -2.32. The van der Waals surface area contributed by atoms with Gasteiger partial charge in [-0.1, -0.05) is 6.58 Å². The third-order valence-corrected chi connectivity index (χ3v) is 1.46. The number of ketones is 1. The Bertz CT molecular complexity index is 211. The average Bonchev–Trinajstić information content (AvgIpc) is 1.98. The quantitative estimate of drug-likeness (QED) is 0.556. The summed E-state index contributed by atoms with van der Waals surface area (Å²) in [5.41, 5.74) is 10.7. The van der Waals surface area contributed by atoms with Crippen molar-refractivity contribution in [1.29, 1.82) is 0 Å². The van der Waals surface area contributed by atoms with Gasteiger partial charge >= 0.3 is 0 Å². The van der Waals surface area contributed by atoms with Gasteiger partial charge in [0.2, 0.25) is 5.91 Å². The molecule has 0 aromatic heterocycles. The zero-order valence-electron chi connectivity index (χ0n) is 7.17. The van der Waals surface area contributed by atoms with Crippen molar-refractivity contribution in [1.82, 2.24) is 0 Å². The lowest BCUT2D eigenvalue weighted by molar-refractivity contribution is -0.119. The molecule has 68 valence electrons. The molecule has 0 aromatic carbocycles. The van der Waals surface area contributed by atoms with E-state index in [0.717, 1.165) is 0 Å². The number of rotatable bonds is 5. The second kappa shape index (κ2) is 4.66. The molecular formula is C8H14N2O2. The fourth-order valence-electron chi connectivity index (χ4n) is 0.745. The van der Waals surface area contributed by atoms with Gasteiger partial charge in [0.15, 0.2) is 5.78 Å². The first-order chi connectivity index (χ1) is 5.45. The van der Waals surface area contributed by atoms with E-state index in [4.69, 9.17) is 11.5 Å². The Hall–Kier alpha value is -1.16. The fourth-order valence-corrected chi connectivity index (χ4v) is 0.745. The third kappa shape index (κ3) is 3.88. The van der Waals surface area contributed by atoms with Crippen LogP contribution in [0.1, 0.15) is 19.8 Å². The van der Waals surface area contributed by atoms with Crippen LogP contribution in [0.15, 0.2) is 12.2 Å². The van der Waals surface area contributed by atoms with Gasteiger partial charge in [-0.05, 0) is 18.9 Å². The van der Waals surface area contributed by atoms with Crippen LogP contribution in [0.2, 0.25) is 0 Å². The number of carbonyl (C=O) groups is 2. The fraction of sp³-hybridized carbons (Fsp3) is 0.500. The second-order valence-electron chi connectivity index (χ2n) is 2.76. The highest BCUT2D eigenvalue weighted by molar-refractivity contribution is 5.98. The van der Waals surface area contributed by atoms with Gasteiger partial charge in [-0.3, -0.25) is 9.59 Å². The molecule has 0 radical (unpaired) electrons. The van der Waals surface area contributed by atoms with Crippen molar-refractivity contribution in [3.05, 3.63) is 12.2 Å². The first-order valence-electron chi connectivity index (χ1n) is 3.68. The van der Waals surface area contributed by atoms with E-state index < -0.39 is 11.9 Å². The molecule has 0 rings (SSSR count). The van der Waals surface area contributed by atoms with Crippen LogP contribution in [-0.4, -0.2) is 17.7 Å². The number of hydrogen-bond donors (Lipinski definition) is 2. The van der Waals surface area contributed by atoms with Crippen LogP contribution in [0.3, 0.4) is 0 Å². The lowest BCUT2D eigenvalue weighted by atomic mass is 10.0. The highest BCUT2D eigenvalue weighted by atomic mass is 16.1. The Labute approximate surface area is 71.6 Å². The SMILES string of the molecule is C=C(C)C(=O)[C@@H](N)CCC(N)=O. The summed E-state index contributed by atoms with van der Waals surface area (Å²) >= 11 is 0. The first-order valence-corrected chi connectivity index (χ1v) is 3.68. The molecule has 4 nitrogen and oxygen atoms in total. The molecule has 0 aromatic rings. The normalized spacial score (nSPS) is 12.2. The van der Waals surface area contributed by atoms with Crippen LogP contribution >= 0.6 is 0 Å². The maximum atomic E-state index is 11.1. The summed E-state index contributed by atoms with van der Waals surface area (Å²) in [5, 5.41) is 0. The minimum absolute atomic E-state index is 0.139. The molecule has 1 amide bonds. The number of primary amides is 1. The zero-order valence-corrected chi connectivity index (χ0v) is 7.17. The molecule has 0 fully saturated rings. The maximum absolute atomic E-state index is 11.1. The number of carbonyl (C=O) groups excluding carboxylic acids is 2. The van der Waals surface area contributed by atoms with E-state index in [-0.39, 0.29) is 12.2 Å². The van der Waals surface area contributed by atoms with Crippen LogP contribution in [0.25, 0.3) is 0 Å². The Morgan fingerprint density at radius 1 is 1.50 bits per heavy atom. The molecule has 0 aliphatic heterocycles. The van der Waals surface area contributed by atoms with Crippen molar-refractivity contribution < 1.29 is 9.59 Å². The predicted molar refractivity (Wildman–Crippen MR) is 46.2 cm³/mol. The Balaban J connectivity index is 3.87. The van der Waals surface area contributed by atoms with Crippen LogP contribution < -0.4 is 11.5 Å². The van der Waals surface area contributed by atoms with Gasteiger partial charge in [-0.15, -0.1) is 0 Å². The molecule has 0 saturated heterocycles. The summed E-state index contributed by atoms with van der Waals surface area (Å²) in [6.45, 7) is 5.05. The summed E-state index contributed by atoms with van der Waals surface area (Å²) in [6, 6.07) is -0.644. The van der Waals surface area contributed by atoms with Crippen molar-refractivity contribution in [2.75, 3.05) is 0 Å². The summed E-state index contributed by atoms with van der Waals surface area (Å²) in [5.74, 6) is -0.656. The third-order valence-electron chi connectivity index (χ3n) is 1.46. The molecule has 4 N–H and O–H groups in total. The highest BCUT2D eigenvalue weighted by Gasteiger charge is 2.14. The molecular weight excluding hydrogens is 156 g/mol. The van der Waals surface area contributed by atoms with E-state index in [2.05, 4.69) is 6.58 Å². The molecule has 12 heavy (non-hydrogen) atoms. The Morgan fingerprint density at radius 3 is 2.33 bits per heavy atom. The van der Waals surface area contributed by atoms with Crippen molar-refractivity contribution in [3.63, 3.8) is 0 Å². The van der Waals surface area contributed by atoms with E-state index >= 15 is 0 Å². The zero-order chi connectivity index (χ0) is 9.72. The van der Waals surface area contributed by atoms with Gasteiger partial charge in [-0.25, -0.2) is 0 Å². The molecule has 0 aliphatic carbocycles. The second-order valence-corrected chi connectivity index (χ2v) is 2.76. The molecule has 0 aliphatic rings. The number of hydrogen-bond acceptors (Lipinski definition) is 3. The van der Waals surface area contributed by atoms with Crippen LogP contribution in [0, 0.1) is 0 Å². The molecule has 0 saturated carbocycles. The summed E-state index contributed by atoms with van der Waals surface area (Å²) < 4.78 is 0. The first kappa shape index (κ1) is 10.8. The van der Waals surface area contributed by atoms with Crippen molar-refractivity contribution in [3.8, 4) is 0 Å². The standard InChI is InChI=1S/C8H14N2O2/c1-5(2)8(12)6(9)3-4-7(10)11/h6H,1,3-4,9H2,2H3,(H2,10,11)/t6-/m0/s1. The van der Waals surface area contributed by atoms with Crippen molar-refractivity contribution in [2.24, 2.45) is 11.5 Å². The number of nitrogens with two attached hydrogens (primary N) is 2. The minimum atomic E-state index is -0.644. The smallest absolute Gasteiger partial charge is 0.217 e. The maximum Gasteiger partial charge on any atom is 0.217 e. The number of Topliss-reactive ketones (excluding diaryl/α,β-unsaturated/α-hetero) is 1. The largest absolute Gasteiger partial charge is 0.370 e.